The second-order valence-corrected chi connectivity index (χ2v) is 23.2. The third-order valence-electron chi connectivity index (χ3n) is 17.4. The summed E-state index contributed by atoms with van der Waals surface area (Å²) in [7, 11) is 0. The van der Waals surface area contributed by atoms with Gasteiger partial charge in [-0.15, -0.1) is 0 Å². The lowest BCUT2D eigenvalue weighted by Gasteiger charge is -2.35. The van der Waals surface area contributed by atoms with Gasteiger partial charge in [-0.1, -0.05) is 175 Å². The van der Waals surface area contributed by atoms with E-state index in [4.69, 9.17) is 0 Å². The molecule has 11 aromatic carbocycles. The van der Waals surface area contributed by atoms with Gasteiger partial charge in [0, 0.05) is 43.7 Å². The van der Waals surface area contributed by atoms with Crippen molar-refractivity contribution in [1.82, 2.24) is 13.7 Å². The minimum absolute atomic E-state index is 0.00192. The monoisotopic (exact) mass is 917 g/mol. The molecular formula is C68H48BN3. The topological polar surface area (TPSA) is 14.8 Å². The average Bonchev–Trinajstić information content (AvgIpc) is 4.02. The molecule has 0 fully saturated rings. The minimum Gasteiger partial charge on any atom is -0.310 e. The van der Waals surface area contributed by atoms with E-state index in [0.717, 1.165) is 0 Å². The Morgan fingerprint density at radius 2 is 0.861 bits per heavy atom. The van der Waals surface area contributed by atoms with E-state index in [1.807, 2.05) is 0 Å². The lowest BCUT2D eigenvalue weighted by atomic mass is 9.34. The van der Waals surface area contributed by atoms with Gasteiger partial charge in [-0.25, -0.2) is 0 Å². The zero-order valence-corrected chi connectivity index (χ0v) is 41.2. The molecule has 0 radical (unpaired) electrons. The van der Waals surface area contributed by atoms with Gasteiger partial charge in [0.1, 0.15) is 0 Å². The van der Waals surface area contributed by atoms with Crippen LogP contribution < -0.4 is 16.4 Å². The van der Waals surface area contributed by atoms with Crippen molar-refractivity contribution in [3.05, 3.63) is 193 Å². The van der Waals surface area contributed by atoms with Crippen LogP contribution in [0.3, 0.4) is 0 Å². The SMILES string of the molecule is CC(C)(C)c1ccc2c(c1)c1cc(C(C)(C)C)ccc1n2-c1cc2c3c(c1)-n1c4ccc5ccccc5c4c4c5ccccc5cc(c41)B3c1ccc3c4c5c6c(cccc6ccc5n-2c14)-c1ccccc1-3. The Morgan fingerprint density at radius 1 is 0.333 bits per heavy atom. The molecule has 5 heterocycles. The van der Waals surface area contributed by atoms with Crippen LogP contribution in [0.5, 0.6) is 0 Å². The predicted octanol–water partition coefficient (Wildman–Crippen LogP) is 15.8. The Hall–Kier alpha value is -8.34. The van der Waals surface area contributed by atoms with E-state index in [1.54, 1.807) is 0 Å². The number of hydrogen-bond acceptors (Lipinski definition) is 0. The Balaban J connectivity index is 1.11. The molecule has 0 bridgehead atoms. The van der Waals surface area contributed by atoms with Gasteiger partial charge in [0.15, 0.2) is 0 Å². The van der Waals surface area contributed by atoms with Crippen LogP contribution in [0.2, 0.25) is 0 Å². The molecule has 2 aliphatic heterocycles. The second-order valence-electron chi connectivity index (χ2n) is 23.2. The van der Waals surface area contributed by atoms with E-state index in [1.165, 1.54) is 165 Å². The van der Waals surface area contributed by atoms with Crippen LogP contribution in [0.1, 0.15) is 52.7 Å². The Kier molecular flexibility index (Phi) is 7.08. The van der Waals surface area contributed by atoms with Gasteiger partial charge in [-0.3, -0.25) is 0 Å². The maximum atomic E-state index is 2.69. The number of rotatable bonds is 1. The first-order valence-corrected chi connectivity index (χ1v) is 25.8. The first kappa shape index (κ1) is 39.4. The number of hydrogen-bond donors (Lipinski definition) is 0. The summed E-state index contributed by atoms with van der Waals surface area (Å²) in [6, 6.07) is 70.9. The highest BCUT2D eigenvalue weighted by Crippen LogP contribution is 2.51. The fraction of sp³-hybridized carbons (Fsp3) is 0.118. The molecule has 0 spiro atoms. The van der Waals surface area contributed by atoms with Crippen molar-refractivity contribution in [2.75, 3.05) is 0 Å². The first-order chi connectivity index (χ1) is 35.0. The van der Waals surface area contributed by atoms with Gasteiger partial charge in [-0.05, 0) is 141 Å². The summed E-state index contributed by atoms with van der Waals surface area (Å²) in [6.45, 7) is 14.0. The van der Waals surface area contributed by atoms with Crippen molar-refractivity contribution in [2.24, 2.45) is 0 Å². The first-order valence-electron chi connectivity index (χ1n) is 25.8. The van der Waals surface area contributed by atoms with Crippen LogP contribution in [0.4, 0.5) is 0 Å². The summed E-state index contributed by atoms with van der Waals surface area (Å²) < 4.78 is 7.96. The summed E-state index contributed by atoms with van der Waals surface area (Å²) >= 11 is 0. The molecular weight excluding hydrogens is 870 g/mol. The summed E-state index contributed by atoms with van der Waals surface area (Å²) in [5, 5.41) is 15.7. The van der Waals surface area contributed by atoms with E-state index < -0.39 is 0 Å². The van der Waals surface area contributed by atoms with E-state index in [9.17, 15) is 0 Å². The quantitative estimate of drug-likeness (QED) is 0.146. The highest BCUT2D eigenvalue weighted by atomic mass is 15.1. The van der Waals surface area contributed by atoms with Crippen molar-refractivity contribution in [2.45, 2.75) is 52.4 Å². The normalized spacial score (nSPS) is 13.7. The van der Waals surface area contributed by atoms with Crippen molar-refractivity contribution in [3.63, 3.8) is 0 Å². The highest BCUT2D eigenvalue weighted by molar-refractivity contribution is 7.00. The Morgan fingerprint density at radius 3 is 1.53 bits per heavy atom. The Bertz CT molecular complexity index is 4810. The Labute approximate surface area is 417 Å². The van der Waals surface area contributed by atoms with E-state index >= 15 is 0 Å². The molecule has 14 aromatic rings. The summed E-state index contributed by atoms with van der Waals surface area (Å²) in [6.07, 6.45) is 0. The zero-order valence-electron chi connectivity index (χ0n) is 41.2. The van der Waals surface area contributed by atoms with Crippen molar-refractivity contribution < 1.29 is 0 Å². The van der Waals surface area contributed by atoms with Gasteiger partial charge in [0.05, 0.1) is 38.8 Å². The number of benzene rings is 11. The smallest absolute Gasteiger partial charge is 0.252 e. The number of aromatic nitrogens is 3. The lowest BCUT2D eigenvalue weighted by Crippen LogP contribution is -2.59. The summed E-state index contributed by atoms with van der Waals surface area (Å²) in [5.41, 5.74) is 23.3. The van der Waals surface area contributed by atoms with Crippen LogP contribution >= 0.6 is 0 Å². The number of nitrogens with zero attached hydrogens (tertiary/aromatic N) is 3. The van der Waals surface area contributed by atoms with Crippen LogP contribution in [-0.4, -0.2) is 20.4 Å². The standard InChI is InChI=1S/C68H48BN3/c1-67(2,3)40-24-30-53-49(33-40)50-34-41(68(4,5)6)25-31-54(50)70(53)42-35-57-64-58(36-42)72-56-29-23-38-16-13-21-47-45-19-11-12-20-46(45)48-26-27-51(65(72)62(48)63(56)59(38)47)69(64)52-32-39-15-8-10-18-44(39)61-60-43-17-9-7-14-37(43)22-28-55(60)71(57)66(52)61/h7-36H,1-6H3. The zero-order chi connectivity index (χ0) is 47.8. The molecule has 4 heteroatoms. The number of fused-ring (bicyclic) bond motifs is 18. The largest absolute Gasteiger partial charge is 0.310 e. The minimum atomic E-state index is -0.0174. The molecule has 338 valence electrons. The molecule has 0 saturated heterocycles. The maximum absolute atomic E-state index is 2.69. The molecule has 0 saturated carbocycles. The molecule has 1 aliphatic carbocycles. The maximum Gasteiger partial charge on any atom is 0.252 e. The van der Waals surface area contributed by atoms with Crippen LogP contribution in [0.25, 0.3) is 137 Å². The van der Waals surface area contributed by atoms with Crippen molar-refractivity contribution >= 4 is 121 Å². The molecule has 3 aromatic heterocycles. The van der Waals surface area contributed by atoms with Crippen LogP contribution in [-0.2, 0) is 10.8 Å². The lowest BCUT2D eigenvalue weighted by molar-refractivity contribution is 0.590. The summed E-state index contributed by atoms with van der Waals surface area (Å²) in [5.74, 6) is 0. The fourth-order valence-corrected chi connectivity index (χ4v) is 14.2. The molecule has 0 N–H and O–H groups in total. The summed E-state index contributed by atoms with van der Waals surface area (Å²) in [4.78, 5) is 0. The van der Waals surface area contributed by atoms with Crippen LogP contribution in [0, 0.1) is 0 Å². The van der Waals surface area contributed by atoms with Crippen molar-refractivity contribution in [1.29, 1.82) is 0 Å². The molecule has 0 amide bonds. The van der Waals surface area contributed by atoms with Gasteiger partial charge >= 0.3 is 0 Å². The second kappa shape index (κ2) is 12.9. The van der Waals surface area contributed by atoms with E-state index in [-0.39, 0.29) is 17.5 Å². The molecule has 0 unspecified atom stereocenters. The molecule has 3 nitrogen and oxygen atoms in total. The van der Waals surface area contributed by atoms with E-state index in [0.29, 0.717) is 0 Å². The van der Waals surface area contributed by atoms with Gasteiger partial charge in [-0.2, -0.15) is 0 Å². The molecule has 17 rings (SSSR count). The molecule has 3 aliphatic rings. The van der Waals surface area contributed by atoms with Crippen molar-refractivity contribution in [3.8, 4) is 39.3 Å². The third-order valence-corrected chi connectivity index (χ3v) is 17.4. The highest BCUT2D eigenvalue weighted by Gasteiger charge is 2.43. The third kappa shape index (κ3) is 4.70. The van der Waals surface area contributed by atoms with Crippen LogP contribution in [0.15, 0.2) is 182 Å². The van der Waals surface area contributed by atoms with E-state index in [2.05, 4.69) is 237 Å². The fourth-order valence-electron chi connectivity index (χ4n) is 14.2. The molecule has 0 atom stereocenters. The van der Waals surface area contributed by atoms with Gasteiger partial charge in [0.25, 0.3) is 6.71 Å². The van der Waals surface area contributed by atoms with Gasteiger partial charge < -0.3 is 13.7 Å². The molecule has 72 heavy (non-hydrogen) atoms. The van der Waals surface area contributed by atoms with Gasteiger partial charge in [0.2, 0.25) is 0 Å². The predicted molar refractivity (Wildman–Crippen MR) is 308 cm³/mol. The average molecular weight is 918 g/mol.